The van der Waals surface area contributed by atoms with Crippen LogP contribution in [0, 0.1) is 6.92 Å². The van der Waals surface area contributed by atoms with E-state index in [1.54, 1.807) is 6.07 Å². The van der Waals surface area contributed by atoms with Gasteiger partial charge in [0.25, 0.3) is 5.91 Å². The molecule has 2 heterocycles. The molecule has 0 radical (unpaired) electrons. The molecule has 1 aliphatic carbocycles. The first kappa shape index (κ1) is 16.1. The summed E-state index contributed by atoms with van der Waals surface area (Å²) in [5, 5.41) is 3.41. The maximum atomic E-state index is 13.1. The van der Waals surface area contributed by atoms with E-state index in [4.69, 9.17) is 0 Å². The molecule has 5 heteroatoms. The lowest BCUT2D eigenvalue weighted by Crippen LogP contribution is -2.36. The Morgan fingerprint density at radius 3 is 2.80 bits per heavy atom. The largest absolute Gasteiger partial charge is 0.351 e. The van der Waals surface area contributed by atoms with Crippen molar-refractivity contribution in [1.82, 2.24) is 9.97 Å². The van der Waals surface area contributed by atoms with E-state index in [0.717, 1.165) is 43.6 Å². The lowest BCUT2D eigenvalue weighted by Gasteiger charge is -2.29. The van der Waals surface area contributed by atoms with Crippen molar-refractivity contribution in [3.8, 4) is 0 Å². The first-order valence-corrected chi connectivity index (χ1v) is 9.23. The van der Waals surface area contributed by atoms with E-state index < -0.39 is 0 Å². The number of aromatic nitrogens is 2. The van der Waals surface area contributed by atoms with E-state index in [1.807, 2.05) is 30.0 Å². The number of nitrogens with one attached hydrogen (secondary N) is 1. The van der Waals surface area contributed by atoms with Gasteiger partial charge >= 0.3 is 0 Å². The number of para-hydroxylation sites is 1. The molecule has 1 amide bonds. The van der Waals surface area contributed by atoms with Gasteiger partial charge in [-0.1, -0.05) is 31.0 Å². The lowest BCUT2D eigenvalue weighted by molar-refractivity contribution is 0.0980. The maximum absolute atomic E-state index is 13.1. The average molecular weight is 336 g/mol. The van der Waals surface area contributed by atoms with Crippen LogP contribution in [0.5, 0.6) is 0 Å². The molecule has 2 aliphatic rings. The van der Waals surface area contributed by atoms with Crippen LogP contribution in [0.25, 0.3) is 0 Å². The molecule has 2 aromatic rings. The van der Waals surface area contributed by atoms with Crippen molar-refractivity contribution < 1.29 is 4.79 Å². The van der Waals surface area contributed by atoms with Gasteiger partial charge in [0.05, 0.1) is 0 Å². The zero-order chi connectivity index (χ0) is 17.2. The van der Waals surface area contributed by atoms with E-state index in [2.05, 4.69) is 21.4 Å². The standard InChI is InChI=1S/C20H24N4O/c1-14-13-17(23-20(21-14)22-16-9-3-4-10-16)19(25)24-12-6-8-15-7-2-5-11-18(15)24/h2,5,7,11,13,16H,3-4,6,8-10,12H2,1H3,(H,21,22,23). The fourth-order valence-electron chi connectivity index (χ4n) is 3.88. The van der Waals surface area contributed by atoms with Gasteiger partial charge in [-0.3, -0.25) is 4.79 Å². The molecule has 4 rings (SSSR count). The van der Waals surface area contributed by atoms with Gasteiger partial charge in [0.15, 0.2) is 0 Å². The molecule has 0 spiro atoms. The van der Waals surface area contributed by atoms with Crippen molar-refractivity contribution >= 4 is 17.5 Å². The predicted molar refractivity (Wildman–Crippen MR) is 99.1 cm³/mol. The number of nitrogens with zero attached hydrogens (tertiary/aromatic N) is 3. The molecule has 0 unspecified atom stereocenters. The van der Waals surface area contributed by atoms with Gasteiger partial charge in [-0.25, -0.2) is 9.97 Å². The van der Waals surface area contributed by atoms with Crippen LogP contribution in [0.4, 0.5) is 11.6 Å². The number of fused-ring (bicyclic) bond motifs is 1. The van der Waals surface area contributed by atoms with Gasteiger partial charge in [-0.2, -0.15) is 0 Å². The maximum Gasteiger partial charge on any atom is 0.277 e. The first-order valence-electron chi connectivity index (χ1n) is 9.23. The summed E-state index contributed by atoms with van der Waals surface area (Å²) < 4.78 is 0. The Kier molecular flexibility index (Phi) is 4.38. The Labute approximate surface area is 148 Å². The van der Waals surface area contributed by atoms with Crippen LogP contribution in [-0.4, -0.2) is 28.5 Å². The molecule has 1 aromatic carbocycles. The number of carbonyl (C=O) groups excluding carboxylic acids is 1. The van der Waals surface area contributed by atoms with Crippen LogP contribution in [0.2, 0.25) is 0 Å². The van der Waals surface area contributed by atoms with Gasteiger partial charge in [-0.05, 0) is 50.3 Å². The van der Waals surface area contributed by atoms with Crippen LogP contribution in [0.3, 0.4) is 0 Å². The number of hydrogen-bond acceptors (Lipinski definition) is 4. The number of aryl methyl sites for hydroxylation is 2. The molecule has 0 atom stereocenters. The normalized spacial score (nSPS) is 17.4. The summed E-state index contributed by atoms with van der Waals surface area (Å²) in [7, 11) is 0. The van der Waals surface area contributed by atoms with Crippen molar-refractivity contribution in [3.63, 3.8) is 0 Å². The summed E-state index contributed by atoms with van der Waals surface area (Å²) in [4.78, 5) is 24.0. The van der Waals surface area contributed by atoms with Gasteiger partial charge in [-0.15, -0.1) is 0 Å². The van der Waals surface area contributed by atoms with Crippen molar-refractivity contribution in [2.75, 3.05) is 16.8 Å². The minimum Gasteiger partial charge on any atom is -0.351 e. The van der Waals surface area contributed by atoms with Crippen molar-refractivity contribution in [2.24, 2.45) is 0 Å². The SMILES string of the molecule is Cc1cc(C(=O)N2CCCc3ccccc32)nc(NC2CCCC2)n1. The molecule has 130 valence electrons. The summed E-state index contributed by atoms with van der Waals surface area (Å²) in [5.41, 5.74) is 3.55. The van der Waals surface area contributed by atoms with Crippen molar-refractivity contribution in [3.05, 3.63) is 47.3 Å². The van der Waals surface area contributed by atoms with E-state index in [1.165, 1.54) is 18.4 Å². The minimum atomic E-state index is -0.0351. The zero-order valence-corrected chi connectivity index (χ0v) is 14.7. The van der Waals surface area contributed by atoms with Crippen LogP contribution >= 0.6 is 0 Å². The molecule has 1 N–H and O–H groups in total. The molecule has 1 fully saturated rings. The molecule has 0 saturated heterocycles. The summed E-state index contributed by atoms with van der Waals surface area (Å²) in [5.74, 6) is 0.549. The molecule has 0 bridgehead atoms. The quantitative estimate of drug-likeness (QED) is 0.928. The third-order valence-electron chi connectivity index (χ3n) is 5.12. The van der Waals surface area contributed by atoms with Crippen LogP contribution in [-0.2, 0) is 6.42 Å². The highest BCUT2D eigenvalue weighted by molar-refractivity contribution is 6.05. The highest BCUT2D eigenvalue weighted by Crippen LogP contribution is 2.28. The number of hydrogen-bond donors (Lipinski definition) is 1. The third-order valence-corrected chi connectivity index (χ3v) is 5.12. The summed E-state index contributed by atoms with van der Waals surface area (Å²) >= 11 is 0. The zero-order valence-electron chi connectivity index (χ0n) is 14.7. The molecular formula is C20H24N4O. The number of carbonyl (C=O) groups is 1. The monoisotopic (exact) mass is 336 g/mol. The molecular weight excluding hydrogens is 312 g/mol. The number of benzene rings is 1. The number of anilines is 2. The van der Waals surface area contributed by atoms with Crippen molar-refractivity contribution in [1.29, 1.82) is 0 Å². The van der Waals surface area contributed by atoms with Gasteiger partial charge in [0.1, 0.15) is 5.69 Å². The Bertz CT molecular complexity index is 783. The Balaban J connectivity index is 1.61. The number of rotatable bonds is 3. The fourth-order valence-corrected chi connectivity index (χ4v) is 3.88. The second-order valence-corrected chi connectivity index (χ2v) is 7.03. The topological polar surface area (TPSA) is 58.1 Å². The van der Waals surface area contributed by atoms with Gasteiger partial charge < -0.3 is 10.2 Å². The van der Waals surface area contributed by atoms with E-state index >= 15 is 0 Å². The highest BCUT2D eigenvalue weighted by Gasteiger charge is 2.25. The fraction of sp³-hybridized carbons (Fsp3) is 0.450. The third kappa shape index (κ3) is 3.36. The van der Waals surface area contributed by atoms with E-state index in [0.29, 0.717) is 17.7 Å². The second-order valence-electron chi connectivity index (χ2n) is 7.03. The van der Waals surface area contributed by atoms with Crippen LogP contribution < -0.4 is 10.2 Å². The number of amides is 1. The molecule has 1 saturated carbocycles. The first-order chi connectivity index (χ1) is 12.2. The highest BCUT2D eigenvalue weighted by atomic mass is 16.2. The summed E-state index contributed by atoms with van der Waals surface area (Å²) in [6.45, 7) is 2.66. The minimum absolute atomic E-state index is 0.0351. The average Bonchev–Trinajstić information content (AvgIpc) is 3.13. The van der Waals surface area contributed by atoms with Crippen molar-refractivity contribution in [2.45, 2.75) is 51.5 Å². The molecule has 25 heavy (non-hydrogen) atoms. The van der Waals surface area contributed by atoms with Crippen LogP contribution in [0.1, 0.15) is 53.8 Å². The van der Waals surface area contributed by atoms with Gasteiger partial charge in [0.2, 0.25) is 5.95 Å². The molecule has 5 nitrogen and oxygen atoms in total. The summed E-state index contributed by atoms with van der Waals surface area (Å²) in [6.07, 6.45) is 6.82. The second kappa shape index (κ2) is 6.82. The smallest absolute Gasteiger partial charge is 0.277 e. The van der Waals surface area contributed by atoms with E-state index in [-0.39, 0.29) is 5.91 Å². The Hall–Kier alpha value is -2.43. The van der Waals surface area contributed by atoms with E-state index in [9.17, 15) is 4.79 Å². The van der Waals surface area contributed by atoms with Gasteiger partial charge in [0, 0.05) is 24.0 Å². The Morgan fingerprint density at radius 2 is 1.96 bits per heavy atom. The van der Waals surface area contributed by atoms with Crippen LogP contribution in [0.15, 0.2) is 30.3 Å². The molecule has 1 aromatic heterocycles. The predicted octanol–water partition coefficient (Wildman–Crippen LogP) is 3.73. The Morgan fingerprint density at radius 1 is 1.16 bits per heavy atom. The summed E-state index contributed by atoms with van der Waals surface area (Å²) in [6, 6.07) is 10.4. The molecule has 1 aliphatic heterocycles. The lowest BCUT2D eigenvalue weighted by atomic mass is 10.0.